The quantitative estimate of drug-likeness (QED) is 0.697. The lowest BCUT2D eigenvalue weighted by molar-refractivity contribution is 0.350. The molecule has 2 aromatic rings. The summed E-state index contributed by atoms with van der Waals surface area (Å²) in [6.07, 6.45) is 0.828. The van der Waals surface area contributed by atoms with Crippen LogP contribution >= 0.6 is 23.3 Å². The second kappa shape index (κ2) is 7.39. The second-order valence-corrected chi connectivity index (χ2v) is 5.87. The molecule has 1 aromatic carbocycles. The van der Waals surface area contributed by atoms with Crippen LogP contribution in [0.1, 0.15) is 23.9 Å². The predicted octanol–water partition coefficient (Wildman–Crippen LogP) is 2.88. The summed E-state index contributed by atoms with van der Waals surface area (Å²) in [5.41, 5.74) is 1.27. The first-order valence-electron chi connectivity index (χ1n) is 6.06. The summed E-state index contributed by atoms with van der Waals surface area (Å²) in [5.74, 6) is 6.23. The Morgan fingerprint density at radius 1 is 1.45 bits per heavy atom. The number of aliphatic hydroxyl groups excluding tert-OH is 1. The monoisotopic (exact) mass is 308 g/mol. The molecule has 0 radical (unpaired) electrons. The van der Waals surface area contributed by atoms with Crippen LogP contribution in [0, 0.1) is 17.7 Å². The van der Waals surface area contributed by atoms with Crippen LogP contribution in [0.15, 0.2) is 22.5 Å². The Labute approximate surface area is 125 Å². The van der Waals surface area contributed by atoms with Crippen molar-refractivity contribution in [2.24, 2.45) is 0 Å². The molecule has 0 fully saturated rings. The van der Waals surface area contributed by atoms with E-state index in [0.717, 1.165) is 22.1 Å². The van der Waals surface area contributed by atoms with Crippen molar-refractivity contribution >= 4 is 23.3 Å². The first kappa shape index (κ1) is 15.0. The molecule has 0 aliphatic carbocycles. The van der Waals surface area contributed by atoms with Crippen molar-refractivity contribution in [1.82, 2.24) is 9.36 Å². The van der Waals surface area contributed by atoms with Crippen molar-refractivity contribution in [2.45, 2.75) is 23.4 Å². The van der Waals surface area contributed by atoms with Crippen LogP contribution in [0.4, 0.5) is 4.39 Å². The molecule has 6 heteroatoms. The Balaban J connectivity index is 2.05. The third kappa shape index (κ3) is 4.04. The van der Waals surface area contributed by atoms with E-state index in [1.807, 2.05) is 6.92 Å². The lowest BCUT2D eigenvalue weighted by Crippen LogP contribution is -1.89. The number of thioether (sulfide) groups is 1. The zero-order chi connectivity index (χ0) is 14.4. The van der Waals surface area contributed by atoms with Crippen LogP contribution in [0.25, 0.3) is 0 Å². The highest BCUT2D eigenvalue weighted by atomic mass is 32.2. The number of aryl methyl sites for hydroxylation is 1. The fourth-order valence-electron chi connectivity index (χ4n) is 1.48. The molecule has 1 heterocycles. The van der Waals surface area contributed by atoms with Gasteiger partial charge in [-0.05, 0) is 29.2 Å². The molecule has 0 unspecified atom stereocenters. The van der Waals surface area contributed by atoms with E-state index in [-0.39, 0.29) is 12.4 Å². The summed E-state index contributed by atoms with van der Waals surface area (Å²) in [7, 11) is 0. The number of rotatable bonds is 4. The zero-order valence-corrected chi connectivity index (χ0v) is 12.5. The zero-order valence-electron chi connectivity index (χ0n) is 10.9. The van der Waals surface area contributed by atoms with Crippen LogP contribution in [0.3, 0.4) is 0 Å². The van der Waals surface area contributed by atoms with Crippen molar-refractivity contribution in [3.63, 3.8) is 0 Å². The number of hydrogen-bond acceptors (Lipinski definition) is 5. The number of halogens is 1. The average Bonchev–Trinajstić information content (AvgIpc) is 2.93. The van der Waals surface area contributed by atoms with Gasteiger partial charge in [0, 0.05) is 12.2 Å². The number of nitrogens with zero attached hydrogens (tertiary/aromatic N) is 2. The maximum absolute atomic E-state index is 13.5. The topological polar surface area (TPSA) is 46.0 Å². The van der Waals surface area contributed by atoms with E-state index in [2.05, 4.69) is 21.2 Å². The Hall–Kier alpha value is -1.42. The van der Waals surface area contributed by atoms with Gasteiger partial charge in [0.05, 0.1) is 5.56 Å². The highest BCUT2D eigenvalue weighted by Crippen LogP contribution is 2.25. The summed E-state index contributed by atoms with van der Waals surface area (Å²) >= 11 is 2.95. The normalized spacial score (nSPS) is 10.2. The number of aromatic nitrogens is 2. The molecule has 0 saturated carbocycles. The summed E-state index contributed by atoms with van der Waals surface area (Å²) in [4.78, 5) is 4.37. The molecule has 0 saturated heterocycles. The molecule has 1 N–H and O–H groups in total. The largest absolute Gasteiger partial charge is 0.384 e. The fraction of sp³-hybridized carbons (Fsp3) is 0.286. The molecule has 0 atom stereocenters. The van der Waals surface area contributed by atoms with Gasteiger partial charge in [-0.2, -0.15) is 4.37 Å². The Morgan fingerprint density at radius 3 is 3.00 bits per heavy atom. The SMILES string of the molecule is CCc1nsc(SCc2ccc(F)c(C#CCO)c2)n1. The number of benzene rings is 1. The third-order valence-corrected chi connectivity index (χ3v) is 4.40. The lowest BCUT2D eigenvalue weighted by Gasteiger charge is -2.01. The van der Waals surface area contributed by atoms with E-state index in [1.165, 1.54) is 17.6 Å². The minimum atomic E-state index is -0.371. The van der Waals surface area contributed by atoms with Gasteiger partial charge in [0.25, 0.3) is 0 Å². The second-order valence-electron chi connectivity index (χ2n) is 3.89. The van der Waals surface area contributed by atoms with Gasteiger partial charge >= 0.3 is 0 Å². The maximum Gasteiger partial charge on any atom is 0.170 e. The average molecular weight is 308 g/mol. The van der Waals surface area contributed by atoms with Crippen LogP contribution in [-0.2, 0) is 12.2 Å². The molecular weight excluding hydrogens is 295 g/mol. The first-order valence-corrected chi connectivity index (χ1v) is 7.82. The third-order valence-electron chi connectivity index (χ3n) is 2.46. The van der Waals surface area contributed by atoms with Crippen molar-refractivity contribution in [3.8, 4) is 11.8 Å². The number of hydrogen-bond donors (Lipinski definition) is 1. The standard InChI is InChI=1S/C14H13FN2OS2/c1-2-13-16-14(20-17-13)19-9-10-5-6-12(15)11(8-10)4-3-7-18/h5-6,8,18H,2,7,9H2,1H3. The smallest absolute Gasteiger partial charge is 0.170 e. The van der Waals surface area contributed by atoms with Gasteiger partial charge in [0.2, 0.25) is 0 Å². The molecular formula is C14H13FN2OS2. The summed E-state index contributed by atoms with van der Waals surface area (Å²) in [6.45, 7) is 1.74. The van der Waals surface area contributed by atoms with Gasteiger partial charge in [-0.3, -0.25) is 0 Å². The molecule has 2 rings (SSSR count). The lowest BCUT2D eigenvalue weighted by atomic mass is 10.1. The van der Waals surface area contributed by atoms with E-state index in [9.17, 15) is 4.39 Å². The highest BCUT2D eigenvalue weighted by Gasteiger charge is 2.05. The van der Waals surface area contributed by atoms with Crippen molar-refractivity contribution in [3.05, 3.63) is 41.0 Å². The molecule has 104 valence electrons. The van der Waals surface area contributed by atoms with Crippen molar-refractivity contribution < 1.29 is 9.50 Å². The first-order chi connectivity index (χ1) is 9.72. The van der Waals surface area contributed by atoms with Gasteiger partial charge in [0.1, 0.15) is 18.2 Å². The molecule has 1 aromatic heterocycles. The van der Waals surface area contributed by atoms with Crippen LogP contribution in [0.5, 0.6) is 0 Å². The van der Waals surface area contributed by atoms with Gasteiger partial charge in [-0.25, -0.2) is 9.37 Å². The summed E-state index contributed by atoms with van der Waals surface area (Å²) < 4.78 is 18.6. The minimum absolute atomic E-state index is 0.275. The van der Waals surface area contributed by atoms with Crippen molar-refractivity contribution in [1.29, 1.82) is 0 Å². The van der Waals surface area contributed by atoms with Gasteiger partial charge < -0.3 is 5.11 Å². The van der Waals surface area contributed by atoms with E-state index >= 15 is 0 Å². The molecule has 0 bridgehead atoms. The Kier molecular flexibility index (Phi) is 5.53. The molecule has 20 heavy (non-hydrogen) atoms. The Bertz CT molecular complexity index is 646. The molecule has 0 aliphatic heterocycles. The summed E-state index contributed by atoms with van der Waals surface area (Å²) in [6, 6.07) is 4.83. The van der Waals surface area contributed by atoms with Gasteiger partial charge in [-0.15, -0.1) is 0 Å². The van der Waals surface area contributed by atoms with Crippen molar-refractivity contribution in [2.75, 3.05) is 6.61 Å². The van der Waals surface area contributed by atoms with Crippen LogP contribution < -0.4 is 0 Å². The fourth-order valence-corrected chi connectivity index (χ4v) is 3.12. The van der Waals surface area contributed by atoms with E-state index in [4.69, 9.17) is 5.11 Å². The molecule has 0 amide bonds. The molecule has 0 aliphatic rings. The van der Waals surface area contributed by atoms with Crippen LogP contribution in [0.2, 0.25) is 0 Å². The maximum atomic E-state index is 13.5. The predicted molar refractivity (Wildman–Crippen MR) is 79.2 cm³/mol. The van der Waals surface area contributed by atoms with E-state index in [0.29, 0.717) is 11.3 Å². The summed E-state index contributed by atoms with van der Waals surface area (Å²) in [5, 5.41) is 8.65. The molecule has 0 spiro atoms. The van der Waals surface area contributed by atoms with Gasteiger partial charge in [0.15, 0.2) is 4.34 Å². The number of aliphatic hydroxyl groups is 1. The van der Waals surface area contributed by atoms with Crippen LogP contribution in [-0.4, -0.2) is 21.1 Å². The highest BCUT2D eigenvalue weighted by molar-refractivity contribution is 8.00. The van der Waals surface area contributed by atoms with E-state index < -0.39 is 0 Å². The Morgan fingerprint density at radius 2 is 2.30 bits per heavy atom. The van der Waals surface area contributed by atoms with E-state index in [1.54, 1.807) is 23.9 Å². The van der Waals surface area contributed by atoms with Gasteiger partial charge in [-0.1, -0.05) is 36.6 Å². The molecule has 3 nitrogen and oxygen atoms in total. The minimum Gasteiger partial charge on any atom is -0.384 e.